The monoisotopic (exact) mass is 428 g/mol. The van der Waals surface area contributed by atoms with Crippen molar-refractivity contribution >= 4 is 10.1 Å². The van der Waals surface area contributed by atoms with E-state index in [-0.39, 0.29) is 41.4 Å². The average Bonchev–Trinajstić information content (AvgIpc) is 2.61. The zero-order chi connectivity index (χ0) is 20.2. The third-order valence-electron chi connectivity index (χ3n) is 5.32. The molecule has 0 spiro atoms. The van der Waals surface area contributed by atoms with Crippen LogP contribution in [0.2, 0.25) is 0 Å². The Morgan fingerprint density at radius 2 is 0.964 bits per heavy atom. The van der Waals surface area contributed by atoms with Crippen LogP contribution in [0.15, 0.2) is 0 Å². The van der Waals surface area contributed by atoms with Gasteiger partial charge in [-0.15, -0.1) is 0 Å². The van der Waals surface area contributed by atoms with Gasteiger partial charge in [-0.2, -0.15) is 0 Å². The van der Waals surface area contributed by atoms with Crippen LogP contribution in [0.1, 0.15) is 129 Å². The van der Waals surface area contributed by atoms with Crippen LogP contribution in [0, 0.1) is 0 Å². The molecule has 28 heavy (non-hydrogen) atoms. The summed E-state index contributed by atoms with van der Waals surface area (Å²) in [7, 11) is -4.02. The fraction of sp³-hybridized carbons (Fsp3) is 1.00. The van der Waals surface area contributed by atoms with Crippen molar-refractivity contribution < 1.29 is 47.6 Å². The third kappa shape index (κ3) is 26.9. The van der Waals surface area contributed by atoms with Crippen LogP contribution in [0.4, 0.5) is 0 Å². The molecule has 1 atom stereocenters. The molecule has 1 unspecified atom stereocenters. The molecule has 0 aliphatic heterocycles. The van der Waals surface area contributed by atoms with Gasteiger partial charge in [0.05, 0.1) is 16.2 Å². The number of aliphatic hydroxyl groups excluding tert-OH is 1. The Morgan fingerprint density at radius 1 is 0.643 bits per heavy atom. The maximum atomic E-state index is 10.5. The van der Waals surface area contributed by atoms with Crippen LogP contribution in [0.3, 0.4) is 0 Å². The zero-order valence-corrected chi connectivity index (χ0v) is 21.6. The van der Waals surface area contributed by atoms with Gasteiger partial charge in [0.2, 0.25) is 0 Å². The Kier molecular flexibility index (Phi) is 25.0. The second-order valence-electron chi connectivity index (χ2n) is 8.15. The molecule has 0 aromatic rings. The van der Waals surface area contributed by atoms with Gasteiger partial charge in [0.25, 0.3) is 0 Å². The maximum Gasteiger partial charge on any atom is 1.00 e. The van der Waals surface area contributed by atoms with E-state index < -0.39 is 10.1 Å². The molecule has 0 fully saturated rings. The minimum atomic E-state index is -4.02. The topological polar surface area (TPSA) is 77.4 Å². The van der Waals surface area contributed by atoms with Gasteiger partial charge in [-0.1, -0.05) is 110 Å². The van der Waals surface area contributed by atoms with E-state index in [0.717, 1.165) is 38.5 Å². The molecule has 0 saturated carbocycles. The molecule has 164 valence electrons. The van der Waals surface area contributed by atoms with Crippen molar-refractivity contribution in [3.8, 4) is 0 Å². The van der Waals surface area contributed by atoms with Crippen molar-refractivity contribution in [1.82, 2.24) is 0 Å². The second-order valence-corrected chi connectivity index (χ2v) is 9.67. The van der Waals surface area contributed by atoms with Crippen LogP contribution in [0.5, 0.6) is 0 Å². The number of hydrogen-bond donors (Lipinski definition) is 1. The normalized spacial score (nSPS) is 12.7. The van der Waals surface area contributed by atoms with Gasteiger partial charge < -0.3 is 9.66 Å². The van der Waals surface area contributed by atoms with E-state index in [2.05, 4.69) is 6.92 Å². The molecule has 0 heterocycles. The number of hydrogen-bond acceptors (Lipinski definition) is 4. The van der Waals surface area contributed by atoms with Gasteiger partial charge >= 0.3 is 29.6 Å². The Hall–Kier alpha value is 0.870. The second kappa shape index (κ2) is 22.6. The van der Waals surface area contributed by atoms with Crippen LogP contribution < -0.4 is 29.6 Å². The zero-order valence-electron chi connectivity index (χ0n) is 18.8. The summed E-state index contributed by atoms with van der Waals surface area (Å²) in [6, 6.07) is 0. The first kappa shape index (κ1) is 31.1. The van der Waals surface area contributed by atoms with E-state index in [0.29, 0.717) is 6.42 Å². The van der Waals surface area contributed by atoms with E-state index >= 15 is 0 Å². The first-order chi connectivity index (χ1) is 13.0. The van der Waals surface area contributed by atoms with Crippen LogP contribution >= 0.6 is 0 Å². The SMILES string of the molecule is CCCCCCCCCCC(O)CCCCCCCCCCCS(=O)(=O)[O-].[Na+]. The molecule has 0 aliphatic rings. The minimum absolute atomic E-state index is 0. The summed E-state index contributed by atoms with van der Waals surface area (Å²) in [5.74, 6) is -0.214. The summed E-state index contributed by atoms with van der Waals surface area (Å²) in [5.41, 5.74) is 0. The third-order valence-corrected chi connectivity index (χ3v) is 6.11. The fourth-order valence-electron chi connectivity index (χ4n) is 3.55. The Balaban J connectivity index is 0. The molecule has 0 saturated heterocycles. The van der Waals surface area contributed by atoms with E-state index in [1.807, 2.05) is 0 Å². The molecule has 1 N–H and O–H groups in total. The molecular formula is C22H45NaO4S. The molecule has 0 rings (SSSR count). The largest absolute Gasteiger partial charge is 1.00 e. The fourth-order valence-corrected chi connectivity index (χ4v) is 4.11. The predicted octanol–water partition coefficient (Wildman–Crippen LogP) is 3.33. The van der Waals surface area contributed by atoms with Gasteiger partial charge in [0.1, 0.15) is 0 Å². The molecule has 0 radical (unpaired) electrons. The van der Waals surface area contributed by atoms with Crippen LogP contribution in [-0.2, 0) is 10.1 Å². The quantitative estimate of drug-likeness (QED) is 0.173. The van der Waals surface area contributed by atoms with Crippen molar-refractivity contribution in [1.29, 1.82) is 0 Å². The predicted molar refractivity (Wildman–Crippen MR) is 114 cm³/mol. The van der Waals surface area contributed by atoms with Gasteiger partial charge in [-0.3, -0.25) is 0 Å². The first-order valence-electron chi connectivity index (χ1n) is 11.6. The van der Waals surface area contributed by atoms with Crippen molar-refractivity contribution in [3.63, 3.8) is 0 Å². The average molecular weight is 429 g/mol. The van der Waals surface area contributed by atoms with E-state index in [4.69, 9.17) is 0 Å². The van der Waals surface area contributed by atoms with Crippen molar-refractivity contribution in [3.05, 3.63) is 0 Å². The van der Waals surface area contributed by atoms with Crippen molar-refractivity contribution in [2.24, 2.45) is 0 Å². The molecule has 4 nitrogen and oxygen atoms in total. The summed E-state index contributed by atoms with van der Waals surface area (Å²) >= 11 is 0. The smallest absolute Gasteiger partial charge is 0.748 e. The molecule has 6 heteroatoms. The summed E-state index contributed by atoms with van der Waals surface area (Å²) in [6.07, 6.45) is 21.8. The van der Waals surface area contributed by atoms with Crippen molar-refractivity contribution in [2.45, 2.75) is 135 Å². The van der Waals surface area contributed by atoms with Crippen LogP contribution in [0.25, 0.3) is 0 Å². The standard InChI is InChI=1S/C22H46O4S.Na/c1-2-3-4-5-6-10-13-16-19-22(23)20-17-14-11-8-7-9-12-15-18-21-27(24,25)26;/h22-23H,2-21H2,1H3,(H,24,25,26);/q;+1/p-1. The number of aliphatic hydroxyl groups is 1. The Labute approximate surface area is 197 Å². The van der Waals surface area contributed by atoms with E-state index in [1.165, 1.54) is 77.0 Å². The number of rotatable bonds is 21. The molecule has 0 aromatic heterocycles. The summed E-state index contributed by atoms with van der Waals surface area (Å²) in [5, 5.41) is 10.0. The van der Waals surface area contributed by atoms with E-state index in [9.17, 15) is 18.1 Å². The van der Waals surface area contributed by atoms with Gasteiger partial charge in [-0.05, 0) is 19.3 Å². The minimum Gasteiger partial charge on any atom is -0.748 e. The molecule has 0 aliphatic carbocycles. The molecule has 0 amide bonds. The Bertz CT molecular complexity index is 401. The summed E-state index contributed by atoms with van der Waals surface area (Å²) in [6.45, 7) is 2.25. The van der Waals surface area contributed by atoms with Crippen molar-refractivity contribution in [2.75, 3.05) is 5.75 Å². The van der Waals surface area contributed by atoms with Gasteiger partial charge in [0, 0.05) is 5.75 Å². The molecular weight excluding hydrogens is 383 g/mol. The first-order valence-corrected chi connectivity index (χ1v) is 13.1. The Morgan fingerprint density at radius 3 is 1.32 bits per heavy atom. The molecule has 0 aromatic carbocycles. The van der Waals surface area contributed by atoms with Gasteiger partial charge in [-0.25, -0.2) is 8.42 Å². The van der Waals surface area contributed by atoms with E-state index in [1.54, 1.807) is 0 Å². The number of unbranched alkanes of at least 4 members (excludes halogenated alkanes) is 15. The summed E-state index contributed by atoms with van der Waals surface area (Å²) < 4.78 is 31.4. The maximum absolute atomic E-state index is 10.5. The molecule has 0 bridgehead atoms. The van der Waals surface area contributed by atoms with Gasteiger partial charge in [0.15, 0.2) is 0 Å². The van der Waals surface area contributed by atoms with Crippen LogP contribution in [-0.4, -0.2) is 29.9 Å². The summed E-state index contributed by atoms with van der Waals surface area (Å²) in [4.78, 5) is 0.